The normalized spacial score (nSPS) is 21.8. The van der Waals surface area contributed by atoms with E-state index >= 15 is 0 Å². The number of ether oxygens (including phenoxy) is 1. The van der Waals surface area contributed by atoms with Crippen molar-refractivity contribution in [3.05, 3.63) is 0 Å². The predicted octanol–water partition coefficient (Wildman–Crippen LogP) is 2.80. The van der Waals surface area contributed by atoms with Gasteiger partial charge >= 0.3 is 6.09 Å². The Kier molecular flexibility index (Phi) is 7.54. The van der Waals surface area contributed by atoms with E-state index in [-0.39, 0.29) is 18.3 Å². The molecule has 0 saturated carbocycles. The molecule has 7 heteroatoms. The quantitative estimate of drug-likeness (QED) is 0.618. The zero-order valence-corrected chi connectivity index (χ0v) is 15.7. The van der Waals surface area contributed by atoms with E-state index in [0.717, 1.165) is 13.0 Å². The number of hydrogen-bond donors (Lipinski definition) is 1. The van der Waals surface area contributed by atoms with Crippen molar-refractivity contribution in [1.82, 2.24) is 9.80 Å². The monoisotopic (exact) mass is 337 g/mol. The molecule has 1 rings (SSSR count). The number of carbonyl (C=O) groups is 1. The van der Waals surface area contributed by atoms with Crippen LogP contribution in [0.4, 0.5) is 4.79 Å². The van der Waals surface area contributed by atoms with Crippen LogP contribution in [0.5, 0.6) is 0 Å². The topological polar surface area (TPSA) is 81.4 Å². The van der Waals surface area contributed by atoms with E-state index < -0.39 is 5.60 Å². The molecule has 0 aromatic heterocycles. The van der Waals surface area contributed by atoms with E-state index in [1.807, 2.05) is 34.6 Å². The summed E-state index contributed by atoms with van der Waals surface area (Å²) in [7, 11) is 0. The van der Waals surface area contributed by atoms with Crippen LogP contribution in [-0.2, 0) is 4.74 Å². The van der Waals surface area contributed by atoms with Crippen LogP contribution in [-0.4, -0.2) is 71.6 Å². The van der Waals surface area contributed by atoms with Crippen LogP contribution in [0.3, 0.4) is 0 Å². The van der Waals surface area contributed by atoms with E-state index in [9.17, 15) is 4.79 Å². The summed E-state index contributed by atoms with van der Waals surface area (Å²) in [5.74, 6) is 0. The minimum atomic E-state index is -0.473. The zero-order chi connectivity index (χ0) is 18.3. The maximum absolute atomic E-state index is 12.2. The van der Waals surface area contributed by atoms with Crippen molar-refractivity contribution in [1.29, 1.82) is 5.41 Å². The molecule has 136 valence electrons. The number of piperazine rings is 1. The van der Waals surface area contributed by atoms with Gasteiger partial charge in [-0.3, -0.25) is 9.89 Å². The highest BCUT2D eigenvalue weighted by atomic mass is 16.6. The van der Waals surface area contributed by atoms with Gasteiger partial charge in [-0.2, -0.15) is 0 Å². The summed E-state index contributed by atoms with van der Waals surface area (Å²) in [4.78, 5) is 24.8. The molecule has 24 heavy (non-hydrogen) atoms. The first kappa shape index (κ1) is 20.3. The Morgan fingerprint density at radius 2 is 2.08 bits per heavy atom. The van der Waals surface area contributed by atoms with Crippen molar-refractivity contribution < 1.29 is 9.53 Å². The summed E-state index contributed by atoms with van der Waals surface area (Å²) in [5, 5.41) is 7.22. The molecule has 0 radical (unpaired) electrons. The van der Waals surface area contributed by atoms with E-state index in [0.29, 0.717) is 18.8 Å². The molecular formula is C17H31N5O2. The molecule has 7 nitrogen and oxygen atoms in total. The Hall–Kier alpha value is -1.76. The first-order valence-electron chi connectivity index (χ1n) is 8.50. The van der Waals surface area contributed by atoms with Crippen molar-refractivity contribution in [3.8, 4) is 0 Å². The van der Waals surface area contributed by atoms with E-state index in [1.54, 1.807) is 4.90 Å². The number of nitrogens with one attached hydrogen (secondary N) is 1. The minimum Gasteiger partial charge on any atom is -0.444 e. The molecular weight excluding hydrogens is 306 g/mol. The fourth-order valence-corrected chi connectivity index (χ4v) is 2.54. The number of nitrogens with zero attached hydrogens (tertiary/aromatic N) is 4. The second kappa shape index (κ2) is 8.92. The molecule has 0 spiro atoms. The summed E-state index contributed by atoms with van der Waals surface area (Å²) in [5.41, 5.74) is 0.229. The van der Waals surface area contributed by atoms with Crippen LogP contribution >= 0.6 is 0 Å². The van der Waals surface area contributed by atoms with Crippen LogP contribution in [0, 0.1) is 5.41 Å². The number of aliphatic imine (C=N–C) groups is 2. The van der Waals surface area contributed by atoms with E-state index in [1.165, 1.54) is 12.6 Å². The second-order valence-electron chi connectivity index (χ2n) is 7.03. The highest BCUT2D eigenvalue weighted by Crippen LogP contribution is 2.17. The zero-order valence-electron chi connectivity index (χ0n) is 15.7. The number of amides is 1. The Morgan fingerprint density at radius 1 is 1.42 bits per heavy atom. The van der Waals surface area contributed by atoms with Crippen molar-refractivity contribution in [2.45, 2.75) is 65.8 Å². The van der Waals surface area contributed by atoms with Gasteiger partial charge in [-0.15, -0.1) is 0 Å². The van der Waals surface area contributed by atoms with E-state index in [4.69, 9.17) is 10.1 Å². The van der Waals surface area contributed by atoms with Gasteiger partial charge in [-0.25, -0.2) is 9.79 Å². The van der Waals surface area contributed by atoms with Gasteiger partial charge in [0.1, 0.15) is 18.1 Å². The third-order valence-electron chi connectivity index (χ3n) is 3.85. The Balaban J connectivity index is 2.59. The molecule has 1 saturated heterocycles. The molecule has 1 heterocycles. The molecule has 1 aliphatic heterocycles. The lowest BCUT2D eigenvalue weighted by atomic mass is 10.2. The van der Waals surface area contributed by atoms with Crippen molar-refractivity contribution in [3.63, 3.8) is 0 Å². The summed E-state index contributed by atoms with van der Waals surface area (Å²) in [6.07, 6.45) is 3.22. The smallest absolute Gasteiger partial charge is 0.410 e. The molecule has 1 aliphatic rings. The first-order chi connectivity index (χ1) is 11.2. The fraction of sp³-hybridized carbons (Fsp3) is 0.765. The number of hydrogen-bond acceptors (Lipinski definition) is 5. The average Bonchev–Trinajstić information content (AvgIpc) is 2.49. The molecule has 0 aromatic carbocycles. The average molecular weight is 337 g/mol. The van der Waals surface area contributed by atoms with Crippen molar-refractivity contribution in [2.24, 2.45) is 9.98 Å². The Morgan fingerprint density at radius 3 is 2.58 bits per heavy atom. The number of carbonyl (C=O) groups excluding carboxylic acids is 1. The third-order valence-corrected chi connectivity index (χ3v) is 3.85. The fourth-order valence-electron chi connectivity index (χ4n) is 2.54. The van der Waals surface area contributed by atoms with Crippen molar-refractivity contribution >= 4 is 24.4 Å². The van der Waals surface area contributed by atoms with E-state index in [2.05, 4.69) is 21.8 Å². The van der Waals surface area contributed by atoms with Gasteiger partial charge in [-0.1, -0.05) is 6.92 Å². The SMILES string of the molecule is CC/C(C=N)=N\C=N/C(C)N1CCN(C(=O)OC(C)(C)C)C[C@@H]1C. The van der Waals surface area contributed by atoms with Crippen LogP contribution < -0.4 is 0 Å². The Labute approximate surface area is 145 Å². The largest absolute Gasteiger partial charge is 0.444 e. The van der Waals surface area contributed by atoms with Gasteiger partial charge in [-0.05, 0) is 41.0 Å². The van der Waals surface area contributed by atoms with Crippen LogP contribution in [0.1, 0.15) is 48.0 Å². The minimum absolute atomic E-state index is 0.0200. The molecule has 1 N–H and O–H groups in total. The lowest BCUT2D eigenvalue weighted by Gasteiger charge is -2.41. The predicted molar refractivity (Wildman–Crippen MR) is 98.4 cm³/mol. The van der Waals surface area contributed by atoms with Gasteiger partial charge in [0.15, 0.2) is 0 Å². The second-order valence-corrected chi connectivity index (χ2v) is 7.03. The van der Waals surface area contributed by atoms with Crippen LogP contribution in [0.15, 0.2) is 9.98 Å². The van der Waals surface area contributed by atoms with Gasteiger partial charge in [0.2, 0.25) is 0 Å². The van der Waals surface area contributed by atoms with Gasteiger partial charge in [0.25, 0.3) is 0 Å². The maximum Gasteiger partial charge on any atom is 0.410 e. The molecule has 0 bridgehead atoms. The molecule has 0 aromatic rings. The highest BCUT2D eigenvalue weighted by Gasteiger charge is 2.31. The summed E-state index contributed by atoms with van der Waals surface area (Å²) in [6, 6.07) is 0.191. The molecule has 1 amide bonds. The lowest BCUT2D eigenvalue weighted by Crippen LogP contribution is -2.56. The molecule has 2 atom stereocenters. The summed E-state index contributed by atoms with van der Waals surface area (Å²) >= 11 is 0. The lowest BCUT2D eigenvalue weighted by molar-refractivity contribution is 0.000194. The highest BCUT2D eigenvalue weighted by molar-refractivity contribution is 6.30. The van der Waals surface area contributed by atoms with Crippen molar-refractivity contribution in [2.75, 3.05) is 19.6 Å². The van der Waals surface area contributed by atoms with Gasteiger partial charge in [0, 0.05) is 31.9 Å². The standard InChI is InChI=1S/C17H31N5O2/c1-7-15(10-18)20-12-19-14(3)22-9-8-21(11-13(22)2)16(23)24-17(4,5)6/h10,12-14,18H,7-9,11H2,1-6H3/b18-10?,19-12-,20-15+/t13-,14?/m0/s1. The summed E-state index contributed by atoms with van der Waals surface area (Å²) in [6.45, 7) is 13.7. The van der Waals surface area contributed by atoms with Gasteiger partial charge < -0.3 is 15.0 Å². The van der Waals surface area contributed by atoms with Crippen LogP contribution in [0.25, 0.3) is 0 Å². The summed E-state index contributed by atoms with van der Waals surface area (Å²) < 4.78 is 5.44. The number of rotatable bonds is 5. The Bertz CT molecular complexity index is 496. The first-order valence-corrected chi connectivity index (χ1v) is 8.50. The van der Waals surface area contributed by atoms with Crippen LogP contribution in [0.2, 0.25) is 0 Å². The maximum atomic E-state index is 12.2. The molecule has 0 aliphatic carbocycles. The molecule has 1 unspecified atom stereocenters. The third kappa shape index (κ3) is 6.39. The molecule has 1 fully saturated rings. The van der Waals surface area contributed by atoms with Gasteiger partial charge in [0.05, 0.1) is 5.71 Å².